The number of rotatable bonds is 5. The highest BCUT2D eigenvalue weighted by atomic mass is 16.5. The standard InChI is InChI=1S/C10H13NO2/c1-2-3-6-13-10-7-11-5-4-9(10)8-12/h2,4-5,7,12H,1,3,6,8H2. The zero-order valence-corrected chi connectivity index (χ0v) is 7.44. The minimum atomic E-state index is -0.0219. The van der Waals surface area contributed by atoms with Gasteiger partial charge in [0.2, 0.25) is 0 Å². The minimum Gasteiger partial charge on any atom is -0.491 e. The first kappa shape index (κ1) is 9.74. The van der Waals surface area contributed by atoms with Gasteiger partial charge in [0.1, 0.15) is 5.75 Å². The van der Waals surface area contributed by atoms with Crippen molar-refractivity contribution in [3.8, 4) is 5.75 Å². The van der Waals surface area contributed by atoms with E-state index in [9.17, 15) is 0 Å². The molecule has 70 valence electrons. The number of aliphatic hydroxyl groups excluding tert-OH is 1. The average Bonchev–Trinajstić information content (AvgIpc) is 2.19. The van der Waals surface area contributed by atoms with Crippen LogP contribution in [-0.4, -0.2) is 16.7 Å². The number of aromatic nitrogens is 1. The molecule has 0 bridgehead atoms. The summed E-state index contributed by atoms with van der Waals surface area (Å²) in [5.74, 6) is 0.645. The van der Waals surface area contributed by atoms with Gasteiger partial charge in [0.15, 0.2) is 0 Å². The maximum Gasteiger partial charge on any atom is 0.143 e. The number of nitrogens with zero attached hydrogens (tertiary/aromatic N) is 1. The second-order valence-electron chi connectivity index (χ2n) is 2.57. The predicted molar refractivity (Wildman–Crippen MR) is 50.5 cm³/mol. The highest BCUT2D eigenvalue weighted by molar-refractivity contribution is 5.28. The molecule has 1 heterocycles. The molecule has 0 saturated carbocycles. The molecule has 0 aliphatic heterocycles. The van der Waals surface area contributed by atoms with Gasteiger partial charge in [-0.05, 0) is 12.5 Å². The Balaban J connectivity index is 2.58. The van der Waals surface area contributed by atoms with E-state index in [0.29, 0.717) is 12.4 Å². The van der Waals surface area contributed by atoms with Crippen molar-refractivity contribution in [1.82, 2.24) is 4.98 Å². The Labute approximate surface area is 77.7 Å². The summed E-state index contributed by atoms with van der Waals surface area (Å²) in [6.45, 7) is 4.14. The lowest BCUT2D eigenvalue weighted by atomic mass is 10.2. The summed E-state index contributed by atoms with van der Waals surface area (Å²) in [6.07, 6.45) is 5.81. The topological polar surface area (TPSA) is 42.4 Å². The van der Waals surface area contributed by atoms with Gasteiger partial charge in [-0.15, -0.1) is 6.58 Å². The van der Waals surface area contributed by atoms with Crippen LogP contribution in [0.15, 0.2) is 31.1 Å². The molecule has 0 spiro atoms. The minimum absolute atomic E-state index is 0.0219. The molecule has 1 aromatic heterocycles. The predicted octanol–water partition coefficient (Wildman–Crippen LogP) is 1.53. The number of ether oxygens (including phenoxy) is 1. The number of aliphatic hydroxyl groups is 1. The molecule has 0 amide bonds. The van der Waals surface area contributed by atoms with E-state index >= 15 is 0 Å². The normalized spacial score (nSPS) is 9.62. The molecular weight excluding hydrogens is 166 g/mol. The largest absolute Gasteiger partial charge is 0.491 e. The van der Waals surface area contributed by atoms with Crippen molar-refractivity contribution in [2.45, 2.75) is 13.0 Å². The van der Waals surface area contributed by atoms with Gasteiger partial charge in [0.25, 0.3) is 0 Å². The van der Waals surface area contributed by atoms with Crippen molar-refractivity contribution in [2.75, 3.05) is 6.61 Å². The molecule has 0 unspecified atom stereocenters. The van der Waals surface area contributed by atoms with Gasteiger partial charge in [-0.2, -0.15) is 0 Å². The van der Waals surface area contributed by atoms with Gasteiger partial charge in [-0.1, -0.05) is 6.08 Å². The Morgan fingerprint density at radius 2 is 2.46 bits per heavy atom. The van der Waals surface area contributed by atoms with Crippen LogP contribution in [0.1, 0.15) is 12.0 Å². The van der Waals surface area contributed by atoms with Crippen LogP contribution in [0.2, 0.25) is 0 Å². The lowest BCUT2D eigenvalue weighted by Gasteiger charge is -2.07. The molecule has 1 aromatic rings. The first-order valence-electron chi connectivity index (χ1n) is 4.16. The molecule has 0 fully saturated rings. The summed E-state index contributed by atoms with van der Waals surface area (Å²) in [5.41, 5.74) is 0.763. The van der Waals surface area contributed by atoms with Crippen LogP contribution in [0, 0.1) is 0 Å². The van der Waals surface area contributed by atoms with E-state index in [4.69, 9.17) is 9.84 Å². The fourth-order valence-corrected chi connectivity index (χ4v) is 0.922. The Morgan fingerprint density at radius 1 is 1.62 bits per heavy atom. The van der Waals surface area contributed by atoms with Gasteiger partial charge in [-0.3, -0.25) is 4.98 Å². The first-order chi connectivity index (χ1) is 6.38. The Kier molecular flexibility index (Phi) is 3.99. The van der Waals surface area contributed by atoms with Gasteiger partial charge >= 0.3 is 0 Å². The van der Waals surface area contributed by atoms with Crippen molar-refractivity contribution in [2.24, 2.45) is 0 Å². The molecule has 0 saturated heterocycles. The zero-order chi connectivity index (χ0) is 9.52. The van der Waals surface area contributed by atoms with Crippen molar-refractivity contribution >= 4 is 0 Å². The molecule has 0 radical (unpaired) electrons. The third-order valence-corrected chi connectivity index (χ3v) is 1.62. The summed E-state index contributed by atoms with van der Waals surface area (Å²) in [4.78, 5) is 3.91. The van der Waals surface area contributed by atoms with Crippen molar-refractivity contribution in [3.05, 3.63) is 36.7 Å². The van der Waals surface area contributed by atoms with E-state index in [-0.39, 0.29) is 6.61 Å². The highest BCUT2D eigenvalue weighted by Gasteiger charge is 2.00. The molecular formula is C10H13NO2. The first-order valence-corrected chi connectivity index (χ1v) is 4.16. The van der Waals surface area contributed by atoms with E-state index in [2.05, 4.69) is 11.6 Å². The average molecular weight is 179 g/mol. The lowest BCUT2D eigenvalue weighted by Crippen LogP contribution is -1.99. The van der Waals surface area contributed by atoms with Crippen LogP contribution >= 0.6 is 0 Å². The maximum atomic E-state index is 8.95. The zero-order valence-electron chi connectivity index (χ0n) is 7.44. The fourth-order valence-electron chi connectivity index (χ4n) is 0.922. The SMILES string of the molecule is C=CCCOc1cnccc1CO. The van der Waals surface area contributed by atoms with Crippen LogP contribution in [0.4, 0.5) is 0 Å². The molecule has 3 nitrogen and oxygen atoms in total. The molecule has 13 heavy (non-hydrogen) atoms. The number of hydrogen-bond acceptors (Lipinski definition) is 3. The molecule has 1 rings (SSSR count). The van der Waals surface area contributed by atoms with E-state index in [0.717, 1.165) is 12.0 Å². The molecule has 0 atom stereocenters. The monoisotopic (exact) mass is 179 g/mol. The molecule has 3 heteroatoms. The molecule has 1 N–H and O–H groups in total. The quantitative estimate of drug-likeness (QED) is 0.550. The van der Waals surface area contributed by atoms with Gasteiger partial charge in [0.05, 0.1) is 19.4 Å². The number of hydrogen-bond donors (Lipinski definition) is 1. The van der Waals surface area contributed by atoms with Crippen LogP contribution < -0.4 is 4.74 Å². The smallest absolute Gasteiger partial charge is 0.143 e. The number of pyridine rings is 1. The van der Waals surface area contributed by atoms with Gasteiger partial charge < -0.3 is 9.84 Å². The summed E-state index contributed by atoms with van der Waals surface area (Å²) in [5, 5.41) is 8.95. The molecule has 0 aliphatic rings. The summed E-state index contributed by atoms with van der Waals surface area (Å²) < 4.78 is 5.37. The van der Waals surface area contributed by atoms with Crippen LogP contribution in [0.3, 0.4) is 0 Å². The van der Waals surface area contributed by atoms with Gasteiger partial charge in [0, 0.05) is 11.8 Å². The van der Waals surface area contributed by atoms with Gasteiger partial charge in [-0.25, -0.2) is 0 Å². The van der Waals surface area contributed by atoms with E-state index in [1.807, 2.05) is 0 Å². The molecule has 0 aliphatic carbocycles. The second-order valence-corrected chi connectivity index (χ2v) is 2.57. The maximum absolute atomic E-state index is 8.95. The Bertz CT molecular complexity index is 273. The van der Waals surface area contributed by atoms with Crippen molar-refractivity contribution < 1.29 is 9.84 Å². The third kappa shape index (κ3) is 2.87. The summed E-state index contributed by atoms with van der Waals surface area (Å²) >= 11 is 0. The van der Waals surface area contributed by atoms with E-state index in [1.165, 1.54) is 0 Å². The molecule has 0 aromatic carbocycles. The van der Waals surface area contributed by atoms with Crippen molar-refractivity contribution in [1.29, 1.82) is 0 Å². The van der Waals surface area contributed by atoms with E-state index < -0.39 is 0 Å². The highest BCUT2D eigenvalue weighted by Crippen LogP contribution is 2.15. The fraction of sp³-hybridized carbons (Fsp3) is 0.300. The summed E-state index contributed by atoms with van der Waals surface area (Å²) in [7, 11) is 0. The lowest BCUT2D eigenvalue weighted by molar-refractivity contribution is 0.264. The van der Waals surface area contributed by atoms with Crippen LogP contribution in [0.5, 0.6) is 5.75 Å². The Hall–Kier alpha value is -1.35. The second kappa shape index (κ2) is 5.32. The van der Waals surface area contributed by atoms with Crippen LogP contribution in [0.25, 0.3) is 0 Å². The summed E-state index contributed by atoms with van der Waals surface area (Å²) in [6, 6.07) is 1.74. The Morgan fingerprint density at radius 3 is 3.15 bits per heavy atom. The van der Waals surface area contributed by atoms with Crippen LogP contribution in [-0.2, 0) is 6.61 Å². The van der Waals surface area contributed by atoms with Crippen molar-refractivity contribution in [3.63, 3.8) is 0 Å². The van der Waals surface area contributed by atoms with E-state index in [1.54, 1.807) is 24.5 Å². The third-order valence-electron chi connectivity index (χ3n) is 1.62.